The summed E-state index contributed by atoms with van der Waals surface area (Å²) in [6.45, 7) is 4.09. The molecule has 1 aromatic carbocycles. The van der Waals surface area contributed by atoms with Gasteiger partial charge in [-0.2, -0.15) is 5.10 Å². The Labute approximate surface area is 186 Å². The smallest absolute Gasteiger partial charge is 0.359 e. The molecule has 1 saturated heterocycles. The summed E-state index contributed by atoms with van der Waals surface area (Å²) in [5.41, 5.74) is -0.189. The average molecular weight is 437 g/mol. The largest absolute Gasteiger partial charge is 0.461 e. The number of likely N-dealkylation sites (N-methyl/N-ethyl adjacent to an activating group) is 1. The third kappa shape index (κ3) is 3.78. The molecule has 32 heavy (non-hydrogen) atoms. The Morgan fingerprint density at radius 1 is 1.31 bits per heavy atom. The van der Waals surface area contributed by atoms with E-state index in [4.69, 9.17) is 4.74 Å². The Kier molecular flexibility index (Phi) is 5.57. The highest BCUT2D eigenvalue weighted by Crippen LogP contribution is 2.38. The molecule has 2 heterocycles. The molecule has 0 unspecified atom stereocenters. The number of esters is 1. The Balaban J connectivity index is 1.75. The topological polar surface area (TPSA) is 105 Å². The van der Waals surface area contributed by atoms with E-state index in [2.05, 4.69) is 16.9 Å². The highest BCUT2D eigenvalue weighted by atomic mass is 16.5. The predicted octanol–water partition coefficient (Wildman–Crippen LogP) is 1.54. The van der Waals surface area contributed by atoms with E-state index in [1.54, 1.807) is 43.8 Å². The summed E-state index contributed by atoms with van der Waals surface area (Å²) in [5.74, 6) is 4.66. The standard InChI is InChI=1S/C24H27N3O5/c1-4-32-21(28)20-19-18(9-6-11-23(19,2)30)27(25-20)17-8-5-7-16(15-17)10-12-24(31)13-14-26(3)22(24)29/h5,7-8,15,30-31H,4,6,9,11,13-14H2,1-3H3/t23-,24-/m0/s1. The van der Waals surface area contributed by atoms with Gasteiger partial charge in [-0.15, -0.1) is 0 Å². The van der Waals surface area contributed by atoms with Crippen LogP contribution in [0.1, 0.15) is 60.4 Å². The second-order valence-electron chi connectivity index (χ2n) is 8.57. The van der Waals surface area contributed by atoms with Gasteiger partial charge in [0.1, 0.15) is 0 Å². The molecule has 0 radical (unpaired) electrons. The fourth-order valence-electron chi connectivity index (χ4n) is 4.39. The van der Waals surface area contributed by atoms with Crippen LogP contribution in [-0.4, -0.2) is 62.6 Å². The number of carbonyl (C=O) groups is 2. The van der Waals surface area contributed by atoms with Crippen molar-refractivity contribution in [3.8, 4) is 17.5 Å². The van der Waals surface area contributed by atoms with Gasteiger partial charge in [-0.1, -0.05) is 17.9 Å². The van der Waals surface area contributed by atoms with E-state index in [9.17, 15) is 19.8 Å². The number of aromatic nitrogens is 2. The zero-order valence-corrected chi connectivity index (χ0v) is 18.5. The molecule has 1 aliphatic heterocycles. The van der Waals surface area contributed by atoms with Crippen molar-refractivity contribution < 1.29 is 24.5 Å². The number of nitrogens with zero attached hydrogens (tertiary/aromatic N) is 3. The van der Waals surface area contributed by atoms with Crippen molar-refractivity contribution in [2.75, 3.05) is 20.2 Å². The normalized spacial score (nSPS) is 24.7. The van der Waals surface area contributed by atoms with Gasteiger partial charge in [0.2, 0.25) is 5.60 Å². The molecule has 168 valence electrons. The summed E-state index contributed by atoms with van der Waals surface area (Å²) < 4.78 is 6.83. The molecule has 1 aromatic heterocycles. The summed E-state index contributed by atoms with van der Waals surface area (Å²) in [6.07, 6.45) is 2.22. The fourth-order valence-corrected chi connectivity index (χ4v) is 4.39. The molecular formula is C24H27N3O5. The van der Waals surface area contributed by atoms with Gasteiger partial charge in [0.15, 0.2) is 5.69 Å². The fraction of sp³-hybridized carbons (Fsp3) is 0.458. The summed E-state index contributed by atoms with van der Waals surface area (Å²) >= 11 is 0. The average Bonchev–Trinajstić information content (AvgIpc) is 3.28. The van der Waals surface area contributed by atoms with E-state index in [-0.39, 0.29) is 18.7 Å². The van der Waals surface area contributed by atoms with Crippen LogP contribution in [0.4, 0.5) is 0 Å². The Bertz CT molecular complexity index is 1140. The van der Waals surface area contributed by atoms with E-state index in [0.717, 1.165) is 12.1 Å². The van der Waals surface area contributed by atoms with E-state index in [1.807, 2.05) is 6.07 Å². The van der Waals surface area contributed by atoms with Crippen molar-refractivity contribution >= 4 is 11.9 Å². The van der Waals surface area contributed by atoms with Crippen molar-refractivity contribution in [2.24, 2.45) is 0 Å². The highest BCUT2D eigenvalue weighted by molar-refractivity contribution is 5.91. The predicted molar refractivity (Wildman–Crippen MR) is 116 cm³/mol. The van der Waals surface area contributed by atoms with Crippen molar-refractivity contribution in [2.45, 2.75) is 50.7 Å². The van der Waals surface area contributed by atoms with Gasteiger partial charge in [-0.3, -0.25) is 4.79 Å². The zero-order valence-electron chi connectivity index (χ0n) is 18.5. The number of fused-ring (bicyclic) bond motifs is 1. The van der Waals surface area contributed by atoms with Crippen LogP contribution >= 0.6 is 0 Å². The number of benzene rings is 1. The van der Waals surface area contributed by atoms with Crippen LogP contribution in [0.25, 0.3) is 5.69 Å². The van der Waals surface area contributed by atoms with Crippen LogP contribution in [0.3, 0.4) is 0 Å². The molecule has 0 spiro atoms. The molecule has 0 bridgehead atoms. The molecule has 2 N–H and O–H groups in total. The second kappa shape index (κ2) is 8.08. The van der Waals surface area contributed by atoms with Crippen LogP contribution in [0, 0.1) is 11.8 Å². The molecule has 1 aliphatic carbocycles. The lowest BCUT2D eigenvalue weighted by Gasteiger charge is -2.29. The number of hydrogen-bond acceptors (Lipinski definition) is 6. The van der Waals surface area contributed by atoms with Gasteiger partial charge >= 0.3 is 5.97 Å². The molecule has 0 saturated carbocycles. The number of carbonyl (C=O) groups excluding carboxylic acids is 2. The number of amides is 1. The summed E-state index contributed by atoms with van der Waals surface area (Å²) in [6, 6.07) is 7.19. The number of likely N-dealkylation sites (tertiary alicyclic amines) is 1. The number of aliphatic hydroxyl groups is 2. The zero-order chi connectivity index (χ0) is 23.1. The molecule has 1 fully saturated rings. The highest BCUT2D eigenvalue weighted by Gasteiger charge is 2.42. The van der Waals surface area contributed by atoms with Crippen molar-refractivity contribution in [1.29, 1.82) is 0 Å². The minimum absolute atomic E-state index is 0.122. The molecular weight excluding hydrogens is 410 g/mol. The first-order valence-electron chi connectivity index (χ1n) is 10.8. The molecule has 1 amide bonds. The SMILES string of the molecule is CCOC(=O)c1nn(-c2cccc(C#C[C@]3(O)CCN(C)C3=O)c2)c2c1[C@@](C)(O)CCC2. The van der Waals surface area contributed by atoms with E-state index in [1.165, 1.54) is 4.90 Å². The van der Waals surface area contributed by atoms with Crippen molar-refractivity contribution in [3.63, 3.8) is 0 Å². The van der Waals surface area contributed by atoms with E-state index >= 15 is 0 Å². The van der Waals surface area contributed by atoms with Crippen molar-refractivity contribution in [3.05, 3.63) is 46.8 Å². The Morgan fingerprint density at radius 2 is 2.09 bits per heavy atom. The Hall–Kier alpha value is -3.15. The van der Waals surface area contributed by atoms with E-state index in [0.29, 0.717) is 36.2 Å². The summed E-state index contributed by atoms with van der Waals surface area (Å²) in [4.78, 5) is 26.2. The lowest BCUT2D eigenvalue weighted by atomic mass is 9.82. The van der Waals surface area contributed by atoms with Crippen LogP contribution in [0.2, 0.25) is 0 Å². The first-order valence-corrected chi connectivity index (χ1v) is 10.8. The Morgan fingerprint density at radius 3 is 2.78 bits per heavy atom. The maximum atomic E-state index is 12.6. The van der Waals surface area contributed by atoms with E-state index < -0.39 is 23.1 Å². The monoisotopic (exact) mass is 437 g/mol. The number of ether oxygens (including phenoxy) is 1. The van der Waals surface area contributed by atoms with Gasteiger partial charge in [0, 0.05) is 31.1 Å². The molecule has 4 rings (SSSR count). The molecule has 2 aliphatic rings. The minimum atomic E-state index is -1.68. The maximum absolute atomic E-state index is 12.6. The van der Waals surface area contributed by atoms with Gasteiger partial charge < -0.3 is 19.8 Å². The molecule has 2 aromatic rings. The second-order valence-corrected chi connectivity index (χ2v) is 8.57. The number of rotatable bonds is 3. The summed E-state index contributed by atoms with van der Waals surface area (Å²) in [5, 5.41) is 26.0. The molecule has 8 heteroatoms. The van der Waals surface area contributed by atoms with Gasteiger partial charge in [0.05, 0.1) is 23.6 Å². The first-order chi connectivity index (χ1) is 15.2. The summed E-state index contributed by atoms with van der Waals surface area (Å²) in [7, 11) is 1.64. The van der Waals surface area contributed by atoms with Gasteiger partial charge in [-0.05, 0) is 51.3 Å². The third-order valence-corrected chi connectivity index (χ3v) is 6.08. The quantitative estimate of drug-likeness (QED) is 0.558. The lowest BCUT2D eigenvalue weighted by molar-refractivity contribution is -0.137. The van der Waals surface area contributed by atoms with Gasteiger partial charge in [-0.25, -0.2) is 9.48 Å². The lowest BCUT2D eigenvalue weighted by Crippen LogP contribution is -2.37. The number of hydrogen-bond donors (Lipinski definition) is 2. The van der Waals surface area contributed by atoms with Crippen LogP contribution < -0.4 is 0 Å². The molecule has 8 nitrogen and oxygen atoms in total. The maximum Gasteiger partial charge on any atom is 0.359 e. The first kappa shape index (κ1) is 22.1. The van der Waals surface area contributed by atoms with Crippen LogP contribution in [0.15, 0.2) is 24.3 Å². The van der Waals surface area contributed by atoms with Crippen LogP contribution in [0.5, 0.6) is 0 Å². The minimum Gasteiger partial charge on any atom is -0.461 e. The van der Waals surface area contributed by atoms with Crippen LogP contribution in [-0.2, 0) is 21.6 Å². The molecule has 2 atom stereocenters. The van der Waals surface area contributed by atoms with Crippen molar-refractivity contribution in [1.82, 2.24) is 14.7 Å². The van der Waals surface area contributed by atoms with Gasteiger partial charge in [0.25, 0.3) is 5.91 Å². The third-order valence-electron chi connectivity index (χ3n) is 6.08.